The maximum Gasteiger partial charge on any atom is 0.300 e. The zero-order valence-corrected chi connectivity index (χ0v) is 18.1. The fourth-order valence-electron chi connectivity index (χ4n) is 3.79. The van der Waals surface area contributed by atoms with E-state index in [1.165, 1.54) is 24.1 Å². The summed E-state index contributed by atoms with van der Waals surface area (Å²) < 4.78 is 19.3. The van der Waals surface area contributed by atoms with E-state index in [0.29, 0.717) is 16.9 Å². The lowest BCUT2D eigenvalue weighted by molar-refractivity contribution is -0.132. The monoisotopic (exact) mass is 451 g/mol. The summed E-state index contributed by atoms with van der Waals surface area (Å²) in [6.07, 6.45) is 0. The molecule has 1 amide bonds. The van der Waals surface area contributed by atoms with Crippen molar-refractivity contribution in [2.75, 3.05) is 12.0 Å². The predicted molar refractivity (Wildman–Crippen MR) is 120 cm³/mol. The highest BCUT2D eigenvalue weighted by atomic mass is 35.5. The van der Waals surface area contributed by atoms with Crippen LogP contribution < -0.4 is 9.64 Å². The third kappa shape index (κ3) is 3.63. The zero-order valence-electron chi connectivity index (χ0n) is 17.3. The molecule has 162 valence electrons. The summed E-state index contributed by atoms with van der Waals surface area (Å²) in [7, 11) is 1.47. The number of aryl methyl sites for hydroxylation is 1. The minimum Gasteiger partial charge on any atom is -0.507 e. The summed E-state index contributed by atoms with van der Waals surface area (Å²) in [6, 6.07) is 16.6. The number of rotatable bonds is 4. The van der Waals surface area contributed by atoms with Crippen LogP contribution in [-0.2, 0) is 9.59 Å². The number of carbonyl (C=O) groups is 2. The molecule has 1 N–H and O–H groups in total. The Labute approximate surface area is 189 Å². The third-order valence-corrected chi connectivity index (χ3v) is 5.67. The van der Waals surface area contributed by atoms with E-state index in [1.807, 2.05) is 6.92 Å². The molecule has 3 aromatic rings. The molecule has 0 bridgehead atoms. The van der Waals surface area contributed by atoms with Crippen LogP contribution in [0.2, 0.25) is 5.02 Å². The molecule has 0 saturated carbocycles. The summed E-state index contributed by atoms with van der Waals surface area (Å²) in [4.78, 5) is 27.5. The number of para-hydroxylation sites is 1. The molecule has 1 unspecified atom stereocenters. The Bertz CT molecular complexity index is 1250. The summed E-state index contributed by atoms with van der Waals surface area (Å²) in [5.41, 5.74) is 1.99. The molecule has 0 aromatic heterocycles. The number of hydrogen-bond donors (Lipinski definition) is 1. The summed E-state index contributed by atoms with van der Waals surface area (Å²) in [5.74, 6) is -2.26. The van der Waals surface area contributed by atoms with Gasteiger partial charge in [-0.15, -0.1) is 0 Å². The third-order valence-electron chi connectivity index (χ3n) is 5.38. The summed E-state index contributed by atoms with van der Waals surface area (Å²) >= 11 is 5.95. The van der Waals surface area contributed by atoms with Crippen molar-refractivity contribution in [3.63, 3.8) is 0 Å². The Morgan fingerprint density at radius 3 is 2.41 bits per heavy atom. The van der Waals surface area contributed by atoms with Gasteiger partial charge >= 0.3 is 0 Å². The molecule has 0 spiro atoms. The Morgan fingerprint density at radius 2 is 1.75 bits per heavy atom. The summed E-state index contributed by atoms with van der Waals surface area (Å²) in [5, 5.41) is 10.9. The molecule has 0 aliphatic carbocycles. The lowest BCUT2D eigenvalue weighted by Crippen LogP contribution is -2.29. The molecule has 1 aliphatic heterocycles. The van der Waals surface area contributed by atoms with Gasteiger partial charge in [-0.25, -0.2) is 4.39 Å². The first kappa shape index (κ1) is 21.6. The van der Waals surface area contributed by atoms with E-state index in [1.54, 1.807) is 48.5 Å². The number of Topliss-reactive ketones (excluding diaryl/α,β-unsaturated/α-hetero) is 1. The fraction of sp³-hybridized carbons (Fsp3) is 0.120. The number of benzene rings is 3. The second-order valence-electron chi connectivity index (χ2n) is 7.38. The maximum absolute atomic E-state index is 13.8. The number of methoxy groups -OCH3 is 1. The minimum absolute atomic E-state index is 0.0937. The molecule has 5 nitrogen and oxygen atoms in total. The highest BCUT2D eigenvalue weighted by Gasteiger charge is 2.48. The van der Waals surface area contributed by atoms with Crippen LogP contribution in [0.5, 0.6) is 5.75 Å². The predicted octanol–water partition coefficient (Wildman–Crippen LogP) is 5.42. The van der Waals surface area contributed by atoms with E-state index in [0.717, 1.165) is 11.6 Å². The average molecular weight is 452 g/mol. The smallest absolute Gasteiger partial charge is 0.300 e. The first-order valence-corrected chi connectivity index (χ1v) is 10.2. The molecule has 1 aliphatic rings. The number of aliphatic hydroxyl groups is 1. The van der Waals surface area contributed by atoms with Crippen LogP contribution in [0.25, 0.3) is 5.76 Å². The number of ether oxygens (including phenoxy) is 1. The molecule has 32 heavy (non-hydrogen) atoms. The van der Waals surface area contributed by atoms with E-state index in [9.17, 15) is 19.1 Å². The van der Waals surface area contributed by atoms with Crippen LogP contribution in [0, 0.1) is 12.7 Å². The molecule has 4 rings (SSSR count). The van der Waals surface area contributed by atoms with Crippen LogP contribution in [0.4, 0.5) is 10.1 Å². The number of ketones is 1. The number of aliphatic hydroxyl groups excluding tert-OH is 1. The lowest BCUT2D eigenvalue weighted by Gasteiger charge is -2.26. The van der Waals surface area contributed by atoms with Crippen LogP contribution >= 0.6 is 11.6 Å². The molecule has 7 heteroatoms. The second-order valence-corrected chi connectivity index (χ2v) is 7.78. The van der Waals surface area contributed by atoms with Gasteiger partial charge in [-0.2, -0.15) is 0 Å². The van der Waals surface area contributed by atoms with Crippen molar-refractivity contribution in [2.24, 2.45) is 0 Å². The molecule has 0 radical (unpaired) electrons. The number of amides is 1. The van der Waals surface area contributed by atoms with Crippen LogP contribution in [0.3, 0.4) is 0 Å². The molecular weight excluding hydrogens is 433 g/mol. The van der Waals surface area contributed by atoms with Crippen molar-refractivity contribution in [3.8, 4) is 5.75 Å². The normalized spacial score (nSPS) is 17.6. The topological polar surface area (TPSA) is 66.8 Å². The molecule has 3 aromatic carbocycles. The number of carbonyl (C=O) groups excluding carboxylic acids is 2. The van der Waals surface area contributed by atoms with Gasteiger partial charge in [0.1, 0.15) is 17.3 Å². The van der Waals surface area contributed by atoms with Crippen molar-refractivity contribution in [1.82, 2.24) is 0 Å². The van der Waals surface area contributed by atoms with Crippen molar-refractivity contribution in [1.29, 1.82) is 0 Å². The average Bonchev–Trinajstić information content (AvgIpc) is 3.06. The standard InChI is InChI=1S/C25H19ClFNO4/c1-14-7-9-15(10-8-14)23(29)21-22(17-5-3-4-6-20(17)32-2)28(25(31)24(21)30)16-11-12-19(27)18(26)13-16/h3-13,22,29H,1-2H3/b23-21+. The number of anilines is 1. The zero-order chi connectivity index (χ0) is 23.0. The van der Waals surface area contributed by atoms with Gasteiger partial charge in [-0.05, 0) is 31.2 Å². The van der Waals surface area contributed by atoms with E-state index >= 15 is 0 Å². The van der Waals surface area contributed by atoms with Crippen molar-refractivity contribution < 1.29 is 23.8 Å². The molecular formula is C25H19ClFNO4. The fourth-order valence-corrected chi connectivity index (χ4v) is 3.96. The quantitative estimate of drug-likeness (QED) is 0.326. The van der Waals surface area contributed by atoms with E-state index in [2.05, 4.69) is 0 Å². The second kappa shape index (κ2) is 8.48. The molecule has 1 fully saturated rings. The van der Waals surface area contributed by atoms with E-state index in [-0.39, 0.29) is 22.0 Å². The largest absolute Gasteiger partial charge is 0.507 e. The Kier molecular flexibility index (Phi) is 5.72. The van der Waals surface area contributed by atoms with Gasteiger partial charge in [0, 0.05) is 16.8 Å². The SMILES string of the molecule is COc1ccccc1C1/C(=C(\O)c2ccc(C)cc2)C(=O)C(=O)N1c1ccc(F)c(Cl)c1. The Balaban J connectivity index is 1.99. The molecule has 1 atom stereocenters. The van der Waals surface area contributed by atoms with Gasteiger partial charge in [0.2, 0.25) is 0 Å². The first-order chi connectivity index (χ1) is 15.3. The van der Waals surface area contributed by atoms with E-state index < -0.39 is 23.5 Å². The first-order valence-electron chi connectivity index (χ1n) is 9.79. The van der Waals surface area contributed by atoms with Crippen LogP contribution in [0.1, 0.15) is 22.7 Å². The van der Waals surface area contributed by atoms with Gasteiger partial charge in [-0.1, -0.05) is 59.6 Å². The highest BCUT2D eigenvalue weighted by molar-refractivity contribution is 6.51. The highest BCUT2D eigenvalue weighted by Crippen LogP contribution is 2.45. The van der Waals surface area contributed by atoms with Gasteiger partial charge in [-0.3, -0.25) is 14.5 Å². The van der Waals surface area contributed by atoms with Gasteiger partial charge in [0.05, 0.1) is 23.7 Å². The van der Waals surface area contributed by atoms with E-state index in [4.69, 9.17) is 16.3 Å². The maximum atomic E-state index is 13.8. The van der Waals surface area contributed by atoms with Crippen molar-refractivity contribution >= 4 is 34.7 Å². The van der Waals surface area contributed by atoms with Crippen molar-refractivity contribution in [2.45, 2.75) is 13.0 Å². The minimum atomic E-state index is -1.01. The van der Waals surface area contributed by atoms with Gasteiger partial charge < -0.3 is 9.84 Å². The van der Waals surface area contributed by atoms with Crippen LogP contribution in [-0.4, -0.2) is 23.9 Å². The number of hydrogen-bond acceptors (Lipinski definition) is 4. The van der Waals surface area contributed by atoms with Crippen LogP contribution in [0.15, 0.2) is 72.3 Å². The van der Waals surface area contributed by atoms with Gasteiger partial charge in [0.15, 0.2) is 0 Å². The summed E-state index contributed by atoms with van der Waals surface area (Å²) in [6.45, 7) is 1.90. The number of nitrogens with zero attached hydrogens (tertiary/aromatic N) is 1. The Hall–Kier alpha value is -3.64. The van der Waals surface area contributed by atoms with Crippen molar-refractivity contribution in [3.05, 3.63) is 99.8 Å². The Morgan fingerprint density at radius 1 is 1.06 bits per heavy atom. The lowest BCUT2D eigenvalue weighted by atomic mass is 9.94. The molecule has 1 saturated heterocycles. The molecule has 1 heterocycles. The number of halogens is 2. The van der Waals surface area contributed by atoms with Gasteiger partial charge in [0.25, 0.3) is 11.7 Å².